The lowest BCUT2D eigenvalue weighted by Gasteiger charge is -2.49. The average Bonchev–Trinajstić information content (AvgIpc) is 3.42. The first-order chi connectivity index (χ1) is 19.5. The predicted octanol–water partition coefficient (Wildman–Crippen LogP) is 4.58. The molecule has 4 aromatic rings. The molecule has 1 aliphatic heterocycles. The highest BCUT2D eigenvalue weighted by atomic mass is 32.2. The maximum Gasteiger partial charge on any atom is 0.327 e. The highest BCUT2D eigenvalue weighted by Gasteiger charge is 2.44. The van der Waals surface area contributed by atoms with Crippen LogP contribution in [0.25, 0.3) is 6.08 Å². The zero-order valence-corrected chi connectivity index (χ0v) is 23.3. The molecule has 204 valence electrons. The molecular weight excluding hydrogens is 522 g/mol. The molecule has 0 saturated carbocycles. The van der Waals surface area contributed by atoms with Gasteiger partial charge in [-0.15, -0.1) is 5.10 Å². The van der Waals surface area contributed by atoms with Crippen LogP contribution in [0.4, 0.5) is 0 Å². The number of nitrogens with zero attached hydrogens (tertiary/aromatic N) is 5. The fraction of sp³-hybridized carbons (Fsp3) is 0.258. The van der Waals surface area contributed by atoms with Crippen LogP contribution in [0.5, 0.6) is 0 Å². The van der Waals surface area contributed by atoms with E-state index >= 15 is 0 Å². The first kappa shape index (κ1) is 27.5. The molecule has 40 heavy (non-hydrogen) atoms. The number of piperidine rings is 1. The SMILES string of the molecule is COC(=O)Cn1nnnc1/C=C1/CN(C(c2ccccc2)(c2ccccc2)c2ccccc2)CCC1SC(C)=O. The van der Waals surface area contributed by atoms with Crippen molar-refractivity contribution in [2.45, 2.75) is 30.7 Å². The third-order valence-electron chi connectivity index (χ3n) is 7.19. The van der Waals surface area contributed by atoms with Crippen LogP contribution in [0.1, 0.15) is 35.9 Å². The summed E-state index contributed by atoms with van der Waals surface area (Å²) < 4.78 is 6.24. The van der Waals surface area contributed by atoms with Gasteiger partial charge in [-0.05, 0) is 45.2 Å². The standard InChI is InChI=1S/C31H31N5O3S/c1-23(37)40-28-18-19-35(21-24(28)20-29-32-33-34-36(29)22-30(38)39-2)31(25-12-6-3-7-13-25,26-14-8-4-9-15-26)27-16-10-5-11-17-27/h3-17,20,28H,18-19,21-22H2,1-2H3/b24-20-. The molecule has 1 aromatic heterocycles. The Kier molecular flexibility index (Phi) is 8.52. The normalized spacial score (nSPS) is 17.1. The second kappa shape index (κ2) is 12.4. The Labute approximate surface area is 238 Å². The lowest BCUT2D eigenvalue weighted by Crippen LogP contribution is -2.52. The van der Waals surface area contributed by atoms with Gasteiger partial charge in [-0.1, -0.05) is 103 Å². The van der Waals surface area contributed by atoms with E-state index in [2.05, 4.69) is 93.2 Å². The third kappa shape index (κ3) is 5.61. The Morgan fingerprint density at radius 1 is 0.950 bits per heavy atom. The Morgan fingerprint density at radius 2 is 1.50 bits per heavy atom. The molecule has 1 atom stereocenters. The first-order valence-electron chi connectivity index (χ1n) is 13.1. The minimum atomic E-state index is -0.591. The molecule has 0 spiro atoms. The number of hydrogen-bond donors (Lipinski definition) is 0. The molecule has 1 saturated heterocycles. The Bertz CT molecular complexity index is 1380. The monoisotopic (exact) mass is 553 g/mol. The molecule has 5 rings (SSSR count). The van der Waals surface area contributed by atoms with E-state index in [9.17, 15) is 9.59 Å². The second-order valence-electron chi connectivity index (χ2n) is 9.61. The zero-order valence-electron chi connectivity index (χ0n) is 22.5. The molecule has 8 nitrogen and oxygen atoms in total. The minimum Gasteiger partial charge on any atom is -0.468 e. The number of thioether (sulfide) groups is 1. The van der Waals surface area contributed by atoms with Gasteiger partial charge in [0.15, 0.2) is 10.9 Å². The van der Waals surface area contributed by atoms with E-state index in [4.69, 9.17) is 4.74 Å². The summed E-state index contributed by atoms with van der Waals surface area (Å²) in [6.45, 7) is 2.82. The van der Waals surface area contributed by atoms with Crippen molar-refractivity contribution in [1.29, 1.82) is 0 Å². The van der Waals surface area contributed by atoms with E-state index in [1.807, 2.05) is 24.3 Å². The molecule has 1 aliphatic rings. The minimum absolute atomic E-state index is 0.0444. The molecule has 1 fully saturated rings. The van der Waals surface area contributed by atoms with Gasteiger partial charge in [0, 0.05) is 25.3 Å². The van der Waals surface area contributed by atoms with E-state index < -0.39 is 11.5 Å². The van der Waals surface area contributed by atoms with E-state index in [0.717, 1.165) is 35.2 Å². The van der Waals surface area contributed by atoms with Gasteiger partial charge in [-0.2, -0.15) is 0 Å². The third-order valence-corrected chi connectivity index (χ3v) is 8.34. The fourth-order valence-electron chi connectivity index (χ4n) is 5.49. The van der Waals surface area contributed by atoms with Crippen molar-refractivity contribution in [2.24, 2.45) is 0 Å². The van der Waals surface area contributed by atoms with Crippen LogP contribution < -0.4 is 0 Å². The quantitative estimate of drug-likeness (QED) is 0.232. The van der Waals surface area contributed by atoms with Crippen molar-refractivity contribution < 1.29 is 14.3 Å². The topological polar surface area (TPSA) is 90.2 Å². The number of benzene rings is 3. The molecule has 2 heterocycles. The molecule has 0 aliphatic carbocycles. The molecule has 0 N–H and O–H groups in total. The van der Waals surface area contributed by atoms with Crippen molar-refractivity contribution in [1.82, 2.24) is 25.1 Å². The summed E-state index contributed by atoms with van der Waals surface area (Å²) in [5.74, 6) is 0.00395. The van der Waals surface area contributed by atoms with E-state index in [0.29, 0.717) is 12.4 Å². The van der Waals surface area contributed by atoms with Crippen molar-refractivity contribution >= 4 is 28.9 Å². The molecular formula is C31H31N5O3S. The summed E-state index contributed by atoms with van der Waals surface area (Å²) in [6, 6.07) is 31.6. The number of hydrogen-bond acceptors (Lipinski definition) is 8. The summed E-state index contributed by atoms with van der Waals surface area (Å²) in [4.78, 5) is 26.7. The lowest BCUT2D eigenvalue weighted by atomic mass is 9.74. The van der Waals surface area contributed by atoms with Crippen LogP contribution in [-0.4, -0.2) is 61.6 Å². The molecule has 9 heteroatoms. The number of carbonyl (C=O) groups excluding carboxylic acids is 2. The van der Waals surface area contributed by atoms with Gasteiger partial charge in [0.05, 0.1) is 12.6 Å². The van der Waals surface area contributed by atoms with Gasteiger partial charge in [-0.25, -0.2) is 4.68 Å². The largest absolute Gasteiger partial charge is 0.468 e. The van der Waals surface area contributed by atoms with Crippen molar-refractivity contribution in [3.63, 3.8) is 0 Å². The van der Waals surface area contributed by atoms with Crippen LogP contribution >= 0.6 is 11.8 Å². The van der Waals surface area contributed by atoms with Crippen molar-refractivity contribution in [3.8, 4) is 0 Å². The Morgan fingerprint density at radius 3 is 2.00 bits per heavy atom. The number of esters is 1. The van der Waals surface area contributed by atoms with E-state index in [1.165, 1.54) is 23.6 Å². The summed E-state index contributed by atoms with van der Waals surface area (Å²) in [6.07, 6.45) is 2.67. The number of aromatic nitrogens is 4. The Hall–Kier alpha value is -4.08. The number of carbonyl (C=O) groups is 2. The van der Waals surface area contributed by atoms with Crippen molar-refractivity contribution in [3.05, 3.63) is 119 Å². The van der Waals surface area contributed by atoms with Crippen LogP contribution in [0.15, 0.2) is 96.6 Å². The van der Waals surface area contributed by atoms with Crippen LogP contribution in [-0.2, 0) is 26.4 Å². The maximum absolute atomic E-state index is 12.3. The average molecular weight is 554 g/mol. The molecule has 0 bridgehead atoms. The summed E-state index contributed by atoms with van der Waals surface area (Å²) in [5, 5.41) is 12.0. The Balaban J connectivity index is 1.66. The summed E-state index contributed by atoms with van der Waals surface area (Å²) in [5.41, 5.74) is 3.88. The van der Waals surface area contributed by atoms with Gasteiger partial charge < -0.3 is 4.74 Å². The van der Waals surface area contributed by atoms with Gasteiger partial charge in [-0.3, -0.25) is 14.5 Å². The van der Waals surface area contributed by atoms with Gasteiger partial charge in [0.2, 0.25) is 0 Å². The number of tetrazole rings is 1. The van der Waals surface area contributed by atoms with E-state index in [1.54, 1.807) is 6.92 Å². The lowest BCUT2D eigenvalue weighted by molar-refractivity contribution is -0.141. The molecule has 1 unspecified atom stereocenters. The number of likely N-dealkylation sites (tertiary alicyclic amines) is 1. The highest BCUT2D eigenvalue weighted by molar-refractivity contribution is 8.14. The summed E-state index contributed by atoms with van der Waals surface area (Å²) >= 11 is 1.33. The second-order valence-corrected chi connectivity index (χ2v) is 11.0. The van der Waals surface area contributed by atoms with Crippen molar-refractivity contribution in [2.75, 3.05) is 20.2 Å². The van der Waals surface area contributed by atoms with Gasteiger partial charge in [0.25, 0.3) is 0 Å². The zero-order chi connectivity index (χ0) is 28.0. The highest BCUT2D eigenvalue weighted by Crippen LogP contribution is 2.45. The summed E-state index contributed by atoms with van der Waals surface area (Å²) in [7, 11) is 1.33. The molecule has 0 amide bonds. The van der Waals surface area contributed by atoms with Gasteiger partial charge in [0.1, 0.15) is 6.54 Å². The molecule has 0 radical (unpaired) electrons. The number of methoxy groups -OCH3 is 1. The first-order valence-corrected chi connectivity index (χ1v) is 14.0. The maximum atomic E-state index is 12.3. The van der Waals surface area contributed by atoms with Crippen LogP contribution in [0.2, 0.25) is 0 Å². The van der Waals surface area contributed by atoms with Crippen LogP contribution in [0.3, 0.4) is 0 Å². The predicted molar refractivity (Wildman–Crippen MR) is 155 cm³/mol. The van der Waals surface area contributed by atoms with Crippen LogP contribution in [0, 0.1) is 0 Å². The smallest absolute Gasteiger partial charge is 0.327 e. The number of rotatable bonds is 8. The molecule has 3 aromatic carbocycles. The van der Waals surface area contributed by atoms with E-state index in [-0.39, 0.29) is 16.9 Å². The fourth-order valence-corrected chi connectivity index (χ4v) is 6.40. The van der Waals surface area contributed by atoms with Gasteiger partial charge >= 0.3 is 5.97 Å². The number of ether oxygens (including phenoxy) is 1.